The van der Waals surface area contributed by atoms with E-state index in [1.54, 1.807) is 0 Å². The number of thiocarbonyl (C=S) groups is 1. The van der Waals surface area contributed by atoms with Crippen molar-refractivity contribution >= 4 is 46.0 Å². The Bertz CT molecular complexity index is 694. The molecule has 21 heavy (non-hydrogen) atoms. The van der Waals surface area contributed by atoms with Crippen LogP contribution in [0.5, 0.6) is 0 Å². The summed E-state index contributed by atoms with van der Waals surface area (Å²) in [4.78, 5) is 10.1. The van der Waals surface area contributed by atoms with Crippen LogP contribution < -0.4 is 10.6 Å². The maximum Gasteiger partial charge on any atom is 0.269 e. The quantitative estimate of drug-likeness (QED) is 0.503. The van der Waals surface area contributed by atoms with Crippen molar-refractivity contribution in [2.24, 2.45) is 0 Å². The predicted molar refractivity (Wildman–Crippen MR) is 84.3 cm³/mol. The fraction of sp³-hybridized carbons (Fsp3) is 0. The number of halogens is 2. The topological polar surface area (TPSA) is 67.2 Å². The van der Waals surface area contributed by atoms with E-state index < -0.39 is 10.7 Å². The molecule has 0 aliphatic heterocycles. The molecule has 0 saturated heterocycles. The molecule has 0 amide bonds. The molecule has 2 N–H and O–H groups in total. The molecule has 8 heteroatoms. The van der Waals surface area contributed by atoms with E-state index in [0.717, 1.165) is 0 Å². The van der Waals surface area contributed by atoms with Gasteiger partial charge in [0.05, 0.1) is 9.95 Å². The zero-order valence-electron chi connectivity index (χ0n) is 10.5. The lowest BCUT2D eigenvalue weighted by Gasteiger charge is -2.10. The smallest absolute Gasteiger partial charge is 0.269 e. The van der Waals surface area contributed by atoms with Gasteiger partial charge in [-0.25, -0.2) is 4.39 Å². The molecule has 2 aromatic rings. The Morgan fingerprint density at radius 3 is 2.29 bits per heavy atom. The van der Waals surface area contributed by atoms with Gasteiger partial charge >= 0.3 is 0 Å². The van der Waals surface area contributed by atoms with Crippen LogP contribution in [-0.4, -0.2) is 10.0 Å². The summed E-state index contributed by atoms with van der Waals surface area (Å²) in [5.74, 6) is -0.517. The minimum atomic E-state index is -0.517. The fourth-order valence-corrected chi connectivity index (χ4v) is 1.95. The van der Waals surface area contributed by atoms with Gasteiger partial charge in [0.1, 0.15) is 5.82 Å². The number of rotatable bonds is 3. The normalized spacial score (nSPS) is 10.0. The highest BCUT2D eigenvalue weighted by Crippen LogP contribution is 2.20. The number of non-ortho nitro benzene ring substituents is 1. The monoisotopic (exact) mass is 325 g/mol. The van der Waals surface area contributed by atoms with E-state index in [9.17, 15) is 14.5 Å². The molecule has 2 aromatic carbocycles. The maximum absolute atomic E-state index is 13.0. The summed E-state index contributed by atoms with van der Waals surface area (Å²) in [6.07, 6.45) is 0. The largest absolute Gasteiger partial charge is 0.332 e. The number of nitrogens with one attached hydrogen (secondary N) is 2. The van der Waals surface area contributed by atoms with Crippen LogP contribution in [0.4, 0.5) is 21.5 Å². The van der Waals surface area contributed by atoms with Crippen molar-refractivity contribution in [2.75, 3.05) is 10.6 Å². The van der Waals surface area contributed by atoms with Crippen LogP contribution in [0, 0.1) is 15.9 Å². The first kappa shape index (κ1) is 15.1. The summed E-state index contributed by atoms with van der Waals surface area (Å²) in [5, 5.41) is 16.5. The van der Waals surface area contributed by atoms with E-state index in [2.05, 4.69) is 10.6 Å². The molecular formula is C13H9ClFN3O2S. The van der Waals surface area contributed by atoms with Crippen molar-refractivity contribution in [2.45, 2.75) is 0 Å². The molecule has 0 spiro atoms. The van der Waals surface area contributed by atoms with Gasteiger partial charge in [-0.3, -0.25) is 10.1 Å². The van der Waals surface area contributed by atoms with Crippen molar-refractivity contribution in [3.05, 3.63) is 63.4 Å². The number of hydrogen-bond acceptors (Lipinski definition) is 3. The Hall–Kier alpha value is -2.25. The fourth-order valence-electron chi connectivity index (χ4n) is 1.53. The van der Waals surface area contributed by atoms with Crippen molar-refractivity contribution in [1.29, 1.82) is 0 Å². The third-order valence-corrected chi connectivity index (χ3v) is 3.01. The van der Waals surface area contributed by atoms with Gasteiger partial charge in [0, 0.05) is 23.5 Å². The molecule has 2 rings (SSSR count). The average molecular weight is 326 g/mol. The maximum atomic E-state index is 13.0. The summed E-state index contributed by atoms with van der Waals surface area (Å²) in [7, 11) is 0. The van der Waals surface area contributed by atoms with Crippen molar-refractivity contribution in [3.63, 3.8) is 0 Å². The summed E-state index contributed by atoms with van der Waals surface area (Å²) < 4.78 is 13.0. The summed E-state index contributed by atoms with van der Waals surface area (Å²) in [6.45, 7) is 0. The standard InChI is InChI=1S/C13H9ClFN3O2S/c14-11-7-9(3-6-12(11)15)17-13(21)16-8-1-4-10(5-2-8)18(19)20/h1-7H,(H2,16,17,21). The van der Waals surface area contributed by atoms with Gasteiger partial charge in [-0.1, -0.05) is 11.6 Å². The highest BCUT2D eigenvalue weighted by Gasteiger charge is 2.06. The van der Waals surface area contributed by atoms with Crippen LogP contribution in [0.15, 0.2) is 42.5 Å². The van der Waals surface area contributed by atoms with E-state index in [-0.39, 0.29) is 15.8 Å². The number of nitrogens with zero attached hydrogens (tertiary/aromatic N) is 1. The second-order valence-electron chi connectivity index (χ2n) is 4.01. The van der Waals surface area contributed by atoms with Gasteiger partial charge in [-0.05, 0) is 42.5 Å². The third-order valence-electron chi connectivity index (χ3n) is 2.51. The Morgan fingerprint density at radius 2 is 1.71 bits per heavy atom. The molecule has 108 valence electrons. The number of hydrogen-bond donors (Lipinski definition) is 2. The van der Waals surface area contributed by atoms with Crippen molar-refractivity contribution in [3.8, 4) is 0 Å². The number of nitro benzene ring substituents is 1. The Labute approximate surface area is 129 Å². The summed E-state index contributed by atoms with van der Waals surface area (Å²) >= 11 is 10.7. The molecule has 0 aromatic heterocycles. The molecule has 0 unspecified atom stereocenters. The van der Waals surface area contributed by atoms with Gasteiger partial charge in [-0.2, -0.15) is 0 Å². The Morgan fingerprint density at radius 1 is 1.14 bits per heavy atom. The SMILES string of the molecule is O=[N+]([O-])c1ccc(NC(=S)Nc2ccc(F)c(Cl)c2)cc1. The Kier molecular flexibility index (Phi) is 4.66. The van der Waals surface area contributed by atoms with E-state index in [1.807, 2.05) is 0 Å². The van der Waals surface area contributed by atoms with E-state index in [4.69, 9.17) is 23.8 Å². The lowest BCUT2D eigenvalue weighted by atomic mass is 10.3. The van der Waals surface area contributed by atoms with Gasteiger partial charge in [0.2, 0.25) is 0 Å². The van der Waals surface area contributed by atoms with Crippen molar-refractivity contribution in [1.82, 2.24) is 0 Å². The van der Waals surface area contributed by atoms with E-state index in [1.165, 1.54) is 42.5 Å². The first-order valence-corrected chi connectivity index (χ1v) is 6.52. The van der Waals surface area contributed by atoms with Crippen LogP contribution in [-0.2, 0) is 0 Å². The predicted octanol–water partition coefficient (Wildman–Crippen LogP) is 4.20. The molecule has 0 atom stereocenters. The molecule has 0 radical (unpaired) electrons. The molecule has 0 aliphatic rings. The molecule has 0 bridgehead atoms. The minimum absolute atomic E-state index is 0.00950. The van der Waals surface area contributed by atoms with Crippen LogP contribution in [0.1, 0.15) is 0 Å². The van der Waals surface area contributed by atoms with Gasteiger partial charge in [-0.15, -0.1) is 0 Å². The highest BCUT2D eigenvalue weighted by molar-refractivity contribution is 7.80. The summed E-state index contributed by atoms with van der Waals surface area (Å²) in [5.41, 5.74) is 1.11. The average Bonchev–Trinajstić information content (AvgIpc) is 2.43. The van der Waals surface area contributed by atoms with Crippen LogP contribution >= 0.6 is 23.8 Å². The third kappa shape index (κ3) is 4.11. The zero-order valence-corrected chi connectivity index (χ0v) is 12.0. The van der Waals surface area contributed by atoms with E-state index in [0.29, 0.717) is 11.4 Å². The molecule has 5 nitrogen and oxygen atoms in total. The molecule has 0 aliphatic carbocycles. The first-order chi connectivity index (χ1) is 9.95. The molecule has 0 saturated carbocycles. The van der Waals surface area contributed by atoms with Crippen LogP contribution in [0.2, 0.25) is 5.02 Å². The number of benzene rings is 2. The van der Waals surface area contributed by atoms with Crippen molar-refractivity contribution < 1.29 is 9.31 Å². The van der Waals surface area contributed by atoms with E-state index >= 15 is 0 Å². The molecule has 0 fully saturated rings. The van der Waals surface area contributed by atoms with Crippen LogP contribution in [0.3, 0.4) is 0 Å². The highest BCUT2D eigenvalue weighted by atomic mass is 35.5. The minimum Gasteiger partial charge on any atom is -0.332 e. The van der Waals surface area contributed by atoms with Crippen LogP contribution in [0.25, 0.3) is 0 Å². The second kappa shape index (κ2) is 6.47. The van der Waals surface area contributed by atoms with Gasteiger partial charge in [0.25, 0.3) is 5.69 Å². The zero-order chi connectivity index (χ0) is 15.4. The molecule has 0 heterocycles. The second-order valence-corrected chi connectivity index (χ2v) is 4.83. The molecular weight excluding hydrogens is 317 g/mol. The number of anilines is 2. The Balaban J connectivity index is 2.01. The lowest BCUT2D eigenvalue weighted by molar-refractivity contribution is -0.384. The van der Waals surface area contributed by atoms with Gasteiger partial charge in [0.15, 0.2) is 5.11 Å². The number of nitro groups is 1. The van der Waals surface area contributed by atoms with Gasteiger partial charge < -0.3 is 10.6 Å². The lowest BCUT2D eigenvalue weighted by Crippen LogP contribution is -2.19. The first-order valence-electron chi connectivity index (χ1n) is 5.73. The summed E-state index contributed by atoms with van der Waals surface area (Å²) in [6, 6.07) is 9.90.